The second-order valence-corrected chi connectivity index (χ2v) is 8.96. The quantitative estimate of drug-likeness (QED) is 0.817. The minimum atomic E-state index is -0.0307. The van der Waals surface area contributed by atoms with Crippen molar-refractivity contribution in [2.75, 3.05) is 18.4 Å². The van der Waals surface area contributed by atoms with E-state index < -0.39 is 0 Å². The van der Waals surface area contributed by atoms with Crippen LogP contribution in [0.4, 0.5) is 10.5 Å². The van der Waals surface area contributed by atoms with E-state index >= 15 is 0 Å². The van der Waals surface area contributed by atoms with Crippen LogP contribution in [-0.2, 0) is 6.54 Å². The van der Waals surface area contributed by atoms with Crippen molar-refractivity contribution in [1.29, 1.82) is 0 Å². The number of carbonyl (C=O) groups excluding carboxylic acids is 1. The van der Waals surface area contributed by atoms with E-state index in [1.807, 2.05) is 39.8 Å². The van der Waals surface area contributed by atoms with E-state index in [-0.39, 0.29) is 17.5 Å². The number of amides is 2. The van der Waals surface area contributed by atoms with E-state index in [0.29, 0.717) is 24.9 Å². The van der Waals surface area contributed by atoms with Crippen molar-refractivity contribution in [3.8, 4) is 0 Å². The normalized spacial score (nSPS) is 24.1. The standard InChI is InChI=1S/C24H29N3O2/c28-22-12-11-21(18-7-3-1-4-8-18)23-19-13-17(15-27(22)23)14-26(16-19)24(29)25-20-9-5-2-6-10-20/h2,5-6,9-12,17-19H,1,3-4,7-8,13-16H2,(H,25,29)/t17-,19+/m0/s1. The number of likely N-dealkylation sites (tertiary alicyclic amines) is 1. The second-order valence-electron chi connectivity index (χ2n) is 8.96. The van der Waals surface area contributed by atoms with Gasteiger partial charge in [0.15, 0.2) is 0 Å². The highest BCUT2D eigenvalue weighted by Gasteiger charge is 2.38. The first kappa shape index (κ1) is 18.5. The van der Waals surface area contributed by atoms with Gasteiger partial charge in [-0.15, -0.1) is 0 Å². The van der Waals surface area contributed by atoms with Crippen molar-refractivity contribution in [2.45, 2.75) is 56.9 Å². The molecule has 3 aliphatic rings. The summed E-state index contributed by atoms with van der Waals surface area (Å²) in [6.45, 7) is 2.15. The first-order valence-corrected chi connectivity index (χ1v) is 11.0. The van der Waals surface area contributed by atoms with E-state index in [9.17, 15) is 9.59 Å². The Labute approximate surface area is 171 Å². The van der Waals surface area contributed by atoms with Gasteiger partial charge in [-0.1, -0.05) is 43.5 Å². The van der Waals surface area contributed by atoms with E-state index in [2.05, 4.69) is 11.4 Å². The maximum Gasteiger partial charge on any atom is 0.321 e. The molecule has 2 bridgehead atoms. The van der Waals surface area contributed by atoms with Crippen LogP contribution in [0.15, 0.2) is 47.3 Å². The topological polar surface area (TPSA) is 54.3 Å². The maximum atomic E-state index is 12.9. The van der Waals surface area contributed by atoms with Crippen molar-refractivity contribution in [3.63, 3.8) is 0 Å². The molecule has 5 nitrogen and oxygen atoms in total. The Morgan fingerprint density at radius 3 is 2.48 bits per heavy atom. The molecule has 2 amide bonds. The highest BCUT2D eigenvalue weighted by Crippen LogP contribution is 2.42. The highest BCUT2D eigenvalue weighted by atomic mass is 16.2. The molecule has 2 aromatic rings. The third-order valence-corrected chi connectivity index (χ3v) is 6.98. The van der Waals surface area contributed by atoms with Gasteiger partial charge in [-0.05, 0) is 48.8 Å². The number of urea groups is 1. The molecule has 1 N–H and O–H groups in total. The van der Waals surface area contributed by atoms with E-state index in [1.165, 1.54) is 43.4 Å². The summed E-state index contributed by atoms with van der Waals surface area (Å²) in [7, 11) is 0. The van der Waals surface area contributed by atoms with E-state index in [4.69, 9.17) is 0 Å². The van der Waals surface area contributed by atoms with Crippen LogP contribution in [0.2, 0.25) is 0 Å². The monoisotopic (exact) mass is 391 g/mol. The smallest absolute Gasteiger partial charge is 0.321 e. The van der Waals surface area contributed by atoms with E-state index in [1.54, 1.807) is 6.07 Å². The van der Waals surface area contributed by atoms with Crippen LogP contribution >= 0.6 is 0 Å². The van der Waals surface area contributed by atoms with Crippen LogP contribution in [-0.4, -0.2) is 28.6 Å². The summed E-state index contributed by atoms with van der Waals surface area (Å²) in [4.78, 5) is 27.5. The summed E-state index contributed by atoms with van der Waals surface area (Å²) < 4.78 is 2.04. The number of nitrogens with one attached hydrogen (secondary N) is 1. The number of hydrogen-bond acceptors (Lipinski definition) is 2. The number of anilines is 1. The predicted molar refractivity (Wildman–Crippen MR) is 114 cm³/mol. The molecule has 1 saturated carbocycles. The van der Waals surface area contributed by atoms with Gasteiger partial charge in [0, 0.05) is 43.0 Å². The second kappa shape index (κ2) is 7.69. The Morgan fingerprint density at radius 2 is 1.69 bits per heavy atom. The zero-order valence-corrected chi connectivity index (χ0v) is 16.8. The summed E-state index contributed by atoms with van der Waals surface area (Å²) >= 11 is 0. The molecule has 1 aromatic carbocycles. The minimum Gasteiger partial charge on any atom is -0.324 e. The third kappa shape index (κ3) is 3.59. The highest BCUT2D eigenvalue weighted by molar-refractivity contribution is 5.89. The van der Waals surface area contributed by atoms with Gasteiger partial charge in [0.2, 0.25) is 0 Å². The number of benzene rings is 1. The molecule has 2 aliphatic heterocycles. The molecular weight excluding hydrogens is 362 g/mol. The molecule has 5 rings (SSSR count). The average molecular weight is 392 g/mol. The SMILES string of the molecule is O=C(Nc1ccccc1)N1C[C@@H]2C[C@H](C1)c1c(C3CCCCC3)ccc(=O)n1C2. The Bertz CT molecular complexity index is 946. The number of pyridine rings is 1. The molecule has 0 unspecified atom stereocenters. The van der Waals surface area contributed by atoms with Gasteiger partial charge in [-0.25, -0.2) is 4.79 Å². The lowest BCUT2D eigenvalue weighted by Crippen LogP contribution is -2.50. The summed E-state index contributed by atoms with van der Waals surface area (Å²) in [5, 5.41) is 3.03. The zero-order chi connectivity index (χ0) is 19.8. The molecule has 152 valence electrons. The van der Waals surface area contributed by atoms with Crippen LogP contribution in [0.25, 0.3) is 0 Å². The molecule has 0 spiro atoms. The fourth-order valence-electron chi connectivity index (χ4n) is 5.70. The first-order valence-electron chi connectivity index (χ1n) is 11.0. The van der Waals surface area contributed by atoms with Gasteiger partial charge in [-0.3, -0.25) is 4.79 Å². The minimum absolute atomic E-state index is 0.0307. The molecule has 2 fully saturated rings. The number of para-hydroxylation sites is 1. The van der Waals surface area contributed by atoms with Crippen molar-refractivity contribution in [1.82, 2.24) is 9.47 Å². The number of rotatable bonds is 2. The van der Waals surface area contributed by atoms with Gasteiger partial charge in [0.25, 0.3) is 5.56 Å². The molecule has 1 aromatic heterocycles. The van der Waals surface area contributed by atoms with Gasteiger partial charge in [0.05, 0.1) is 0 Å². The number of hydrogen-bond donors (Lipinski definition) is 1. The molecule has 29 heavy (non-hydrogen) atoms. The van der Waals surface area contributed by atoms with Gasteiger partial charge >= 0.3 is 6.03 Å². The largest absolute Gasteiger partial charge is 0.324 e. The Hall–Kier alpha value is -2.56. The molecule has 1 saturated heterocycles. The molecule has 2 atom stereocenters. The Balaban J connectivity index is 1.42. The molecule has 1 aliphatic carbocycles. The number of aromatic nitrogens is 1. The fourth-order valence-corrected chi connectivity index (χ4v) is 5.70. The Morgan fingerprint density at radius 1 is 0.897 bits per heavy atom. The van der Waals surface area contributed by atoms with Gasteiger partial charge < -0.3 is 14.8 Å². The van der Waals surface area contributed by atoms with E-state index in [0.717, 1.165) is 18.7 Å². The lowest BCUT2D eigenvalue weighted by atomic mass is 9.76. The predicted octanol–water partition coefficient (Wildman–Crippen LogP) is 4.55. The van der Waals surface area contributed by atoms with Crippen molar-refractivity contribution in [2.24, 2.45) is 5.92 Å². The summed E-state index contributed by atoms with van der Waals surface area (Å²) in [6, 6.07) is 13.5. The number of nitrogens with zero attached hydrogens (tertiary/aromatic N) is 2. The third-order valence-electron chi connectivity index (χ3n) is 6.98. The van der Waals surface area contributed by atoms with Gasteiger partial charge in [-0.2, -0.15) is 0 Å². The number of carbonyl (C=O) groups is 1. The average Bonchev–Trinajstić information content (AvgIpc) is 2.75. The van der Waals surface area contributed by atoms with Crippen LogP contribution in [0.1, 0.15) is 61.6 Å². The number of fused-ring (bicyclic) bond motifs is 4. The first-order chi connectivity index (χ1) is 14.2. The van der Waals surface area contributed by atoms with Gasteiger partial charge in [0.1, 0.15) is 0 Å². The van der Waals surface area contributed by atoms with Crippen LogP contribution in [0.3, 0.4) is 0 Å². The van der Waals surface area contributed by atoms with Crippen LogP contribution in [0, 0.1) is 5.92 Å². The molecule has 5 heteroatoms. The van der Waals surface area contributed by atoms with Crippen molar-refractivity contribution in [3.05, 3.63) is 64.1 Å². The zero-order valence-electron chi connectivity index (χ0n) is 16.8. The lowest BCUT2D eigenvalue weighted by Gasteiger charge is -2.44. The van der Waals surface area contributed by atoms with Crippen LogP contribution < -0.4 is 10.9 Å². The lowest BCUT2D eigenvalue weighted by molar-refractivity contribution is 0.138. The molecular formula is C24H29N3O2. The Kier molecular flexibility index (Phi) is 4.90. The summed E-state index contributed by atoms with van der Waals surface area (Å²) in [5.74, 6) is 1.17. The van der Waals surface area contributed by atoms with Crippen LogP contribution in [0.5, 0.6) is 0 Å². The summed E-state index contributed by atoms with van der Waals surface area (Å²) in [5.41, 5.74) is 3.54. The summed E-state index contributed by atoms with van der Waals surface area (Å²) in [6.07, 6.45) is 7.41. The van der Waals surface area contributed by atoms with Crippen molar-refractivity contribution >= 4 is 11.7 Å². The fraction of sp³-hybridized carbons (Fsp3) is 0.500. The molecule has 0 radical (unpaired) electrons. The maximum absolute atomic E-state index is 12.9. The number of piperidine rings is 1. The molecule has 3 heterocycles. The van der Waals surface area contributed by atoms with Crippen molar-refractivity contribution < 1.29 is 4.79 Å².